The Balaban J connectivity index is 3.10. The van der Waals surface area contributed by atoms with Gasteiger partial charge in [-0.15, -0.1) is 0 Å². The maximum atomic E-state index is 8.74. The minimum Gasteiger partial charge on any atom is -0.368 e. The van der Waals surface area contributed by atoms with Gasteiger partial charge in [0.1, 0.15) is 0 Å². The van der Waals surface area contributed by atoms with Gasteiger partial charge < -0.3 is 4.90 Å². The Kier molecular flexibility index (Phi) is 3.99. The lowest BCUT2D eigenvalue weighted by atomic mass is 10.2. The Morgan fingerprint density at radius 2 is 2.13 bits per heavy atom. The number of hydrogen-bond donors (Lipinski definition) is 0. The van der Waals surface area contributed by atoms with E-state index in [1.165, 1.54) is 0 Å². The molecule has 0 N–H and O–H groups in total. The van der Waals surface area contributed by atoms with Crippen LogP contribution in [0.4, 0.5) is 5.69 Å². The summed E-state index contributed by atoms with van der Waals surface area (Å²) in [6, 6.07) is 7.90. The van der Waals surface area contributed by atoms with E-state index in [0.717, 1.165) is 12.2 Å². The number of halogens is 1. The zero-order chi connectivity index (χ0) is 11.4. The molecule has 0 fully saturated rings. The van der Waals surface area contributed by atoms with Crippen molar-refractivity contribution >= 4 is 17.3 Å². The standard InChI is InChI=1S/C12H15ClN2/c1-4-15(9(2)3)12-6-5-10(8-14)7-11(12)13/h5-7,9H,4H2,1-3H3. The summed E-state index contributed by atoms with van der Waals surface area (Å²) >= 11 is 6.13. The first-order valence-corrected chi connectivity index (χ1v) is 5.44. The van der Waals surface area contributed by atoms with Gasteiger partial charge in [-0.3, -0.25) is 0 Å². The van der Waals surface area contributed by atoms with Gasteiger partial charge in [0.15, 0.2) is 0 Å². The summed E-state index contributed by atoms with van der Waals surface area (Å²) < 4.78 is 0. The highest BCUT2D eigenvalue weighted by atomic mass is 35.5. The summed E-state index contributed by atoms with van der Waals surface area (Å²) in [6.45, 7) is 7.24. The molecule has 0 radical (unpaired) electrons. The summed E-state index contributed by atoms with van der Waals surface area (Å²) in [7, 11) is 0. The Hall–Kier alpha value is -1.20. The molecule has 80 valence electrons. The van der Waals surface area contributed by atoms with E-state index in [0.29, 0.717) is 16.6 Å². The second-order valence-electron chi connectivity index (χ2n) is 3.66. The average Bonchev–Trinajstić information content (AvgIpc) is 2.20. The normalized spacial score (nSPS) is 10.1. The van der Waals surface area contributed by atoms with Gasteiger partial charge in [-0.05, 0) is 39.0 Å². The Morgan fingerprint density at radius 1 is 1.47 bits per heavy atom. The number of rotatable bonds is 3. The van der Waals surface area contributed by atoms with Crippen molar-refractivity contribution in [2.75, 3.05) is 11.4 Å². The maximum Gasteiger partial charge on any atom is 0.0992 e. The molecule has 0 saturated heterocycles. The second-order valence-corrected chi connectivity index (χ2v) is 4.06. The van der Waals surface area contributed by atoms with Crippen molar-refractivity contribution in [2.24, 2.45) is 0 Å². The molecule has 0 unspecified atom stereocenters. The van der Waals surface area contributed by atoms with Crippen LogP contribution in [0.1, 0.15) is 26.3 Å². The van der Waals surface area contributed by atoms with Gasteiger partial charge in [0.2, 0.25) is 0 Å². The van der Waals surface area contributed by atoms with Crippen LogP contribution in [0.15, 0.2) is 18.2 Å². The monoisotopic (exact) mass is 222 g/mol. The molecule has 0 heterocycles. The van der Waals surface area contributed by atoms with Crippen molar-refractivity contribution in [3.05, 3.63) is 28.8 Å². The Labute approximate surface area is 96.1 Å². The summed E-state index contributed by atoms with van der Waals surface area (Å²) in [6.07, 6.45) is 0. The molecule has 3 heteroatoms. The van der Waals surface area contributed by atoms with Gasteiger partial charge in [-0.1, -0.05) is 11.6 Å². The summed E-state index contributed by atoms with van der Waals surface area (Å²) in [5.74, 6) is 0. The molecule has 0 aromatic heterocycles. The quantitative estimate of drug-likeness (QED) is 0.784. The fourth-order valence-corrected chi connectivity index (χ4v) is 1.91. The largest absolute Gasteiger partial charge is 0.368 e. The van der Waals surface area contributed by atoms with Crippen molar-refractivity contribution < 1.29 is 0 Å². The van der Waals surface area contributed by atoms with Gasteiger partial charge in [0, 0.05) is 12.6 Å². The van der Waals surface area contributed by atoms with Crippen LogP contribution in [-0.4, -0.2) is 12.6 Å². The number of benzene rings is 1. The van der Waals surface area contributed by atoms with Crippen molar-refractivity contribution in [1.82, 2.24) is 0 Å². The third kappa shape index (κ3) is 2.64. The van der Waals surface area contributed by atoms with E-state index in [9.17, 15) is 0 Å². The van der Waals surface area contributed by atoms with E-state index in [-0.39, 0.29) is 0 Å². The summed E-state index contributed by atoms with van der Waals surface area (Å²) in [5.41, 5.74) is 1.59. The van der Waals surface area contributed by atoms with Crippen LogP contribution < -0.4 is 4.90 Å². The molecule has 0 atom stereocenters. The fraction of sp³-hybridized carbons (Fsp3) is 0.417. The predicted molar refractivity (Wildman–Crippen MR) is 64.3 cm³/mol. The third-order valence-corrected chi connectivity index (χ3v) is 2.65. The van der Waals surface area contributed by atoms with E-state index in [1.807, 2.05) is 6.07 Å². The SMILES string of the molecule is CCN(c1ccc(C#N)cc1Cl)C(C)C. The molecule has 1 rings (SSSR count). The maximum absolute atomic E-state index is 8.74. The summed E-state index contributed by atoms with van der Waals surface area (Å²) in [5, 5.41) is 9.38. The lowest BCUT2D eigenvalue weighted by Crippen LogP contribution is -2.30. The first-order chi connectivity index (χ1) is 7.10. The first kappa shape index (κ1) is 11.9. The van der Waals surface area contributed by atoms with Gasteiger partial charge >= 0.3 is 0 Å². The van der Waals surface area contributed by atoms with Gasteiger partial charge in [0.25, 0.3) is 0 Å². The molecule has 15 heavy (non-hydrogen) atoms. The zero-order valence-corrected chi connectivity index (χ0v) is 10.0. The smallest absolute Gasteiger partial charge is 0.0992 e. The highest BCUT2D eigenvalue weighted by molar-refractivity contribution is 6.33. The van der Waals surface area contributed by atoms with Crippen LogP contribution >= 0.6 is 11.6 Å². The molecule has 0 aliphatic carbocycles. The van der Waals surface area contributed by atoms with Crippen LogP contribution in [0.5, 0.6) is 0 Å². The number of anilines is 1. The molecule has 0 aliphatic heterocycles. The fourth-order valence-electron chi connectivity index (χ4n) is 1.62. The molecule has 1 aromatic carbocycles. The summed E-state index contributed by atoms with van der Waals surface area (Å²) in [4.78, 5) is 2.20. The predicted octanol–water partition coefficient (Wildman–Crippen LogP) is 3.45. The second kappa shape index (κ2) is 5.04. The number of hydrogen-bond acceptors (Lipinski definition) is 2. The lowest BCUT2D eigenvalue weighted by Gasteiger charge is -2.28. The van der Waals surface area contributed by atoms with E-state index in [1.54, 1.807) is 12.1 Å². The van der Waals surface area contributed by atoms with Gasteiger partial charge in [0.05, 0.1) is 22.3 Å². The topological polar surface area (TPSA) is 27.0 Å². The van der Waals surface area contributed by atoms with Crippen molar-refractivity contribution in [3.63, 3.8) is 0 Å². The minimum absolute atomic E-state index is 0.403. The van der Waals surface area contributed by atoms with Crippen LogP contribution in [0.25, 0.3) is 0 Å². The molecule has 2 nitrogen and oxygen atoms in total. The van der Waals surface area contributed by atoms with Crippen LogP contribution in [0.3, 0.4) is 0 Å². The number of nitriles is 1. The number of nitrogens with zero attached hydrogens (tertiary/aromatic N) is 2. The van der Waals surface area contributed by atoms with E-state index in [2.05, 4.69) is 31.7 Å². The molecule has 0 spiro atoms. The molecule has 0 bridgehead atoms. The van der Waals surface area contributed by atoms with Crippen molar-refractivity contribution in [2.45, 2.75) is 26.8 Å². The van der Waals surface area contributed by atoms with Gasteiger partial charge in [-0.2, -0.15) is 5.26 Å². The molecular formula is C12H15ClN2. The highest BCUT2D eigenvalue weighted by Gasteiger charge is 2.11. The molecule has 0 saturated carbocycles. The molecule has 0 aliphatic rings. The van der Waals surface area contributed by atoms with E-state index < -0.39 is 0 Å². The Morgan fingerprint density at radius 3 is 2.53 bits per heavy atom. The molecule has 0 amide bonds. The first-order valence-electron chi connectivity index (χ1n) is 5.06. The van der Waals surface area contributed by atoms with Crippen LogP contribution in [0.2, 0.25) is 5.02 Å². The minimum atomic E-state index is 0.403. The average molecular weight is 223 g/mol. The van der Waals surface area contributed by atoms with E-state index in [4.69, 9.17) is 16.9 Å². The molecule has 1 aromatic rings. The van der Waals surface area contributed by atoms with Crippen LogP contribution in [-0.2, 0) is 0 Å². The van der Waals surface area contributed by atoms with Crippen molar-refractivity contribution in [3.8, 4) is 6.07 Å². The van der Waals surface area contributed by atoms with Crippen LogP contribution in [0, 0.1) is 11.3 Å². The van der Waals surface area contributed by atoms with Crippen molar-refractivity contribution in [1.29, 1.82) is 5.26 Å². The molecular weight excluding hydrogens is 208 g/mol. The highest BCUT2D eigenvalue weighted by Crippen LogP contribution is 2.27. The Bertz CT molecular complexity index is 380. The van der Waals surface area contributed by atoms with E-state index >= 15 is 0 Å². The third-order valence-electron chi connectivity index (χ3n) is 2.35. The van der Waals surface area contributed by atoms with Gasteiger partial charge in [-0.25, -0.2) is 0 Å². The lowest BCUT2D eigenvalue weighted by molar-refractivity contribution is 0.704. The zero-order valence-electron chi connectivity index (χ0n) is 9.29.